The number of fused-ring (bicyclic) bond motifs is 1. The first-order valence-corrected chi connectivity index (χ1v) is 11.6. The van der Waals surface area contributed by atoms with Gasteiger partial charge in [0.05, 0.1) is 16.8 Å². The fourth-order valence-electron chi connectivity index (χ4n) is 3.47. The van der Waals surface area contributed by atoms with E-state index >= 15 is 0 Å². The number of aliphatic imine (C=N–C) groups is 1. The summed E-state index contributed by atoms with van der Waals surface area (Å²) in [7, 11) is 0. The van der Waals surface area contributed by atoms with Crippen molar-refractivity contribution in [3.8, 4) is 23.0 Å². The van der Waals surface area contributed by atoms with Crippen molar-refractivity contribution < 1.29 is 19.1 Å². The molecule has 0 saturated carbocycles. The average Bonchev–Trinajstić information content (AvgIpc) is 3.27. The third-order valence-corrected chi connectivity index (χ3v) is 5.76. The van der Waals surface area contributed by atoms with E-state index in [9.17, 15) is 9.90 Å². The second-order valence-corrected chi connectivity index (χ2v) is 8.83. The summed E-state index contributed by atoms with van der Waals surface area (Å²) in [4.78, 5) is 21.4. The van der Waals surface area contributed by atoms with Crippen molar-refractivity contribution in [1.29, 1.82) is 0 Å². The highest BCUT2D eigenvalue weighted by molar-refractivity contribution is 9.10. The number of hydrogen-bond donors (Lipinski definition) is 1. The number of aryl methyl sites for hydroxylation is 1. The van der Waals surface area contributed by atoms with Crippen LogP contribution in [0.3, 0.4) is 0 Å². The Morgan fingerprint density at radius 1 is 1.03 bits per heavy atom. The first-order chi connectivity index (χ1) is 16.9. The predicted octanol–water partition coefficient (Wildman–Crippen LogP) is 7.24. The van der Waals surface area contributed by atoms with E-state index in [1.165, 1.54) is 0 Å². The fraction of sp³-hybridized carbons (Fsp3) is 0.0357. The molecule has 172 valence electrons. The molecule has 0 unspecified atom stereocenters. The number of carbonyl (C=O) groups is 1. The van der Waals surface area contributed by atoms with Crippen molar-refractivity contribution in [3.05, 3.63) is 106 Å². The summed E-state index contributed by atoms with van der Waals surface area (Å²) in [6, 6.07) is 24.8. The topological polar surface area (TPSA) is 84.9 Å². The molecule has 0 radical (unpaired) electrons. The van der Waals surface area contributed by atoms with Gasteiger partial charge in [0.2, 0.25) is 5.89 Å². The number of oxazole rings is 1. The molecule has 7 heteroatoms. The van der Waals surface area contributed by atoms with Crippen LogP contribution in [-0.4, -0.2) is 22.3 Å². The maximum absolute atomic E-state index is 12.4. The second kappa shape index (κ2) is 9.56. The van der Waals surface area contributed by atoms with E-state index in [-0.39, 0.29) is 5.75 Å². The van der Waals surface area contributed by atoms with Crippen LogP contribution in [-0.2, 0) is 0 Å². The summed E-state index contributed by atoms with van der Waals surface area (Å²) in [5, 5.41) is 10.4. The zero-order chi connectivity index (χ0) is 24.4. The van der Waals surface area contributed by atoms with Crippen molar-refractivity contribution in [3.63, 3.8) is 0 Å². The Morgan fingerprint density at radius 3 is 2.66 bits per heavy atom. The number of esters is 1. The minimum Gasteiger partial charge on any atom is -0.507 e. The molecule has 35 heavy (non-hydrogen) atoms. The van der Waals surface area contributed by atoms with Gasteiger partial charge in [0.15, 0.2) is 5.58 Å². The van der Waals surface area contributed by atoms with Gasteiger partial charge in [0, 0.05) is 10.7 Å². The molecular weight excluding hydrogens is 508 g/mol. The van der Waals surface area contributed by atoms with E-state index in [1.54, 1.807) is 66.9 Å². The number of aromatic hydroxyl groups is 1. The Balaban J connectivity index is 1.32. The van der Waals surface area contributed by atoms with Crippen molar-refractivity contribution in [2.45, 2.75) is 6.92 Å². The number of ether oxygens (including phenoxy) is 1. The van der Waals surface area contributed by atoms with Gasteiger partial charge < -0.3 is 14.3 Å². The van der Waals surface area contributed by atoms with Crippen LogP contribution in [0, 0.1) is 6.92 Å². The summed E-state index contributed by atoms with van der Waals surface area (Å²) >= 11 is 3.36. The van der Waals surface area contributed by atoms with Gasteiger partial charge in [-0.1, -0.05) is 40.2 Å². The second-order valence-electron chi connectivity index (χ2n) is 7.92. The van der Waals surface area contributed by atoms with E-state index in [2.05, 4.69) is 25.9 Å². The van der Waals surface area contributed by atoms with Crippen molar-refractivity contribution in [1.82, 2.24) is 4.98 Å². The molecule has 0 aliphatic rings. The maximum atomic E-state index is 12.4. The minimum atomic E-state index is -0.441. The van der Waals surface area contributed by atoms with E-state index in [1.807, 2.05) is 31.2 Å². The number of carbonyl (C=O) groups excluding carboxylic acids is 1. The molecule has 0 fully saturated rings. The zero-order valence-electron chi connectivity index (χ0n) is 18.6. The van der Waals surface area contributed by atoms with Crippen molar-refractivity contribution in [2.24, 2.45) is 4.99 Å². The number of hydrogen-bond acceptors (Lipinski definition) is 6. The van der Waals surface area contributed by atoms with Gasteiger partial charge in [-0.2, -0.15) is 0 Å². The molecule has 0 aliphatic carbocycles. The van der Waals surface area contributed by atoms with Gasteiger partial charge in [-0.25, -0.2) is 9.78 Å². The van der Waals surface area contributed by atoms with Crippen LogP contribution in [0.2, 0.25) is 0 Å². The highest BCUT2D eigenvalue weighted by Crippen LogP contribution is 2.34. The molecule has 1 aromatic heterocycles. The largest absolute Gasteiger partial charge is 0.507 e. The Hall–Kier alpha value is -4.23. The SMILES string of the molecule is Cc1ccc2nc(-c3cc(N=Cc4ccc(C(=O)Oc5cccc(Br)c5)cc4)ccc3O)oc2c1. The van der Waals surface area contributed by atoms with E-state index < -0.39 is 5.97 Å². The Morgan fingerprint density at radius 2 is 1.86 bits per heavy atom. The zero-order valence-corrected chi connectivity index (χ0v) is 20.2. The number of phenols is 1. The molecule has 4 aromatic carbocycles. The molecule has 6 nitrogen and oxygen atoms in total. The molecule has 0 spiro atoms. The van der Waals surface area contributed by atoms with Crippen LogP contribution in [0.5, 0.6) is 11.5 Å². The minimum absolute atomic E-state index is 0.0561. The molecule has 1 N–H and O–H groups in total. The lowest BCUT2D eigenvalue weighted by Crippen LogP contribution is -2.08. The Bertz CT molecular complexity index is 1570. The third-order valence-electron chi connectivity index (χ3n) is 5.27. The maximum Gasteiger partial charge on any atom is 0.343 e. The number of halogens is 1. The Kier molecular flexibility index (Phi) is 6.16. The van der Waals surface area contributed by atoms with Crippen LogP contribution < -0.4 is 4.74 Å². The quantitative estimate of drug-likeness (QED) is 0.148. The number of benzene rings is 4. The Labute approximate surface area is 209 Å². The first kappa shape index (κ1) is 22.6. The standard InChI is InChI=1S/C28H19BrN2O4/c1-17-5-11-24-26(13-17)35-27(31-24)23-15-21(10-12-25(23)32)30-16-18-6-8-19(9-7-18)28(33)34-22-4-2-3-20(29)14-22/h2-16,32H,1H3. The van der Waals surface area contributed by atoms with Crippen LogP contribution in [0.25, 0.3) is 22.6 Å². The summed E-state index contributed by atoms with van der Waals surface area (Å²) < 4.78 is 12.1. The van der Waals surface area contributed by atoms with Gasteiger partial charge in [-0.15, -0.1) is 0 Å². The van der Waals surface area contributed by atoms with Gasteiger partial charge in [-0.3, -0.25) is 4.99 Å². The average molecular weight is 527 g/mol. The van der Waals surface area contributed by atoms with Crippen LogP contribution in [0.1, 0.15) is 21.5 Å². The first-order valence-electron chi connectivity index (χ1n) is 10.8. The summed E-state index contributed by atoms with van der Waals surface area (Å²) in [5.74, 6) is 0.407. The van der Waals surface area contributed by atoms with Crippen LogP contribution in [0.4, 0.5) is 5.69 Å². The lowest BCUT2D eigenvalue weighted by molar-refractivity contribution is 0.0734. The van der Waals surface area contributed by atoms with Crippen LogP contribution in [0.15, 0.2) is 98.8 Å². The van der Waals surface area contributed by atoms with E-state index in [0.717, 1.165) is 21.1 Å². The monoisotopic (exact) mass is 526 g/mol. The molecule has 1 heterocycles. The lowest BCUT2D eigenvalue weighted by Gasteiger charge is -2.05. The van der Waals surface area contributed by atoms with E-state index in [0.29, 0.717) is 34.0 Å². The highest BCUT2D eigenvalue weighted by atomic mass is 79.9. The van der Waals surface area contributed by atoms with Gasteiger partial charge in [-0.05, 0) is 78.7 Å². The van der Waals surface area contributed by atoms with Crippen LogP contribution >= 0.6 is 15.9 Å². The smallest absolute Gasteiger partial charge is 0.343 e. The number of phenolic OH excluding ortho intramolecular Hbond substituents is 1. The molecular formula is C28H19BrN2O4. The highest BCUT2D eigenvalue weighted by Gasteiger charge is 2.13. The summed E-state index contributed by atoms with van der Waals surface area (Å²) in [6.45, 7) is 1.98. The lowest BCUT2D eigenvalue weighted by atomic mass is 10.1. The van der Waals surface area contributed by atoms with Gasteiger partial charge in [0.25, 0.3) is 0 Å². The predicted molar refractivity (Wildman–Crippen MR) is 139 cm³/mol. The molecule has 0 atom stereocenters. The third kappa shape index (κ3) is 5.15. The molecule has 0 aliphatic heterocycles. The molecule has 5 aromatic rings. The summed E-state index contributed by atoms with van der Waals surface area (Å²) in [5.41, 5.74) is 4.75. The number of rotatable bonds is 5. The number of aromatic nitrogens is 1. The van der Waals surface area contributed by atoms with Gasteiger partial charge in [0.1, 0.15) is 17.0 Å². The van der Waals surface area contributed by atoms with Gasteiger partial charge >= 0.3 is 5.97 Å². The summed E-state index contributed by atoms with van der Waals surface area (Å²) in [6.07, 6.45) is 1.68. The molecule has 0 bridgehead atoms. The molecule has 0 saturated heterocycles. The van der Waals surface area contributed by atoms with Crippen molar-refractivity contribution >= 4 is 44.9 Å². The fourth-order valence-corrected chi connectivity index (χ4v) is 3.85. The molecule has 5 rings (SSSR count). The number of nitrogens with zero attached hydrogens (tertiary/aromatic N) is 2. The van der Waals surface area contributed by atoms with Crippen molar-refractivity contribution in [2.75, 3.05) is 0 Å². The normalized spacial score (nSPS) is 11.3. The van der Waals surface area contributed by atoms with E-state index in [4.69, 9.17) is 9.15 Å². The molecule has 0 amide bonds.